The zero-order valence-electron chi connectivity index (χ0n) is 10.9. The predicted molar refractivity (Wildman–Crippen MR) is 68.4 cm³/mol. The van der Waals surface area contributed by atoms with Gasteiger partial charge in [0.25, 0.3) is 0 Å². The molecule has 0 atom stereocenters. The van der Waals surface area contributed by atoms with Crippen LogP contribution in [-0.2, 0) is 17.9 Å². The van der Waals surface area contributed by atoms with E-state index in [2.05, 4.69) is 15.3 Å². The Morgan fingerprint density at radius 2 is 2.21 bits per heavy atom. The summed E-state index contributed by atoms with van der Waals surface area (Å²) in [5.74, 6) is -1.11. The largest absolute Gasteiger partial charge is 0.476 e. The number of thiazole rings is 1. The molecule has 0 saturated heterocycles. The first-order valence-electron chi connectivity index (χ1n) is 5.60. The quantitative estimate of drug-likeness (QED) is 0.887. The summed E-state index contributed by atoms with van der Waals surface area (Å²) in [6, 6.07) is 0. The Kier molecular flexibility index (Phi) is 3.91. The SMILES string of the molecule is COCc1c(C(=O)O)nnn1Cc1nc(C)c(C)s1. The highest BCUT2D eigenvalue weighted by atomic mass is 32.1. The standard InChI is InChI=1S/C11H14N4O3S/c1-6-7(2)19-9(12-6)4-15-8(5-18-3)10(11(16)17)13-14-15/h4-5H2,1-3H3,(H,16,17). The number of aryl methyl sites for hydroxylation is 2. The van der Waals surface area contributed by atoms with E-state index in [-0.39, 0.29) is 12.3 Å². The van der Waals surface area contributed by atoms with E-state index in [1.165, 1.54) is 11.8 Å². The second-order valence-electron chi connectivity index (χ2n) is 4.03. The van der Waals surface area contributed by atoms with Crippen LogP contribution in [0.3, 0.4) is 0 Å². The Labute approximate surface area is 113 Å². The maximum absolute atomic E-state index is 11.0. The molecule has 7 nitrogen and oxygen atoms in total. The molecule has 0 aliphatic rings. The van der Waals surface area contributed by atoms with E-state index in [0.29, 0.717) is 12.2 Å². The van der Waals surface area contributed by atoms with Gasteiger partial charge in [-0.1, -0.05) is 5.21 Å². The molecule has 0 bridgehead atoms. The number of ether oxygens (including phenoxy) is 1. The molecule has 2 aromatic heterocycles. The molecule has 0 fully saturated rings. The molecule has 102 valence electrons. The zero-order valence-corrected chi connectivity index (χ0v) is 11.7. The molecule has 19 heavy (non-hydrogen) atoms. The maximum atomic E-state index is 11.0. The lowest BCUT2D eigenvalue weighted by Gasteiger charge is -2.03. The third-order valence-corrected chi connectivity index (χ3v) is 3.74. The lowest BCUT2D eigenvalue weighted by molar-refractivity contribution is 0.0684. The van der Waals surface area contributed by atoms with Crippen molar-refractivity contribution in [2.24, 2.45) is 0 Å². The molecule has 0 unspecified atom stereocenters. The van der Waals surface area contributed by atoms with Crippen LogP contribution in [0, 0.1) is 13.8 Å². The van der Waals surface area contributed by atoms with Crippen molar-refractivity contribution in [2.75, 3.05) is 7.11 Å². The minimum absolute atomic E-state index is 0.0770. The number of hydrogen-bond donors (Lipinski definition) is 1. The van der Waals surface area contributed by atoms with E-state index in [4.69, 9.17) is 9.84 Å². The number of carbonyl (C=O) groups is 1. The number of rotatable bonds is 5. The summed E-state index contributed by atoms with van der Waals surface area (Å²) in [5.41, 5.74) is 1.35. The van der Waals surface area contributed by atoms with Gasteiger partial charge >= 0.3 is 5.97 Å². The van der Waals surface area contributed by atoms with Crippen LogP contribution in [0.1, 0.15) is 31.8 Å². The summed E-state index contributed by atoms with van der Waals surface area (Å²) in [5, 5.41) is 17.4. The van der Waals surface area contributed by atoms with Crippen molar-refractivity contribution in [2.45, 2.75) is 27.0 Å². The molecular formula is C11H14N4O3S. The minimum atomic E-state index is -1.11. The summed E-state index contributed by atoms with van der Waals surface area (Å²) < 4.78 is 6.52. The van der Waals surface area contributed by atoms with Gasteiger partial charge in [-0.2, -0.15) is 0 Å². The average Bonchev–Trinajstić information content (AvgIpc) is 2.86. The molecular weight excluding hydrogens is 268 g/mol. The Balaban J connectivity index is 2.31. The first kappa shape index (κ1) is 13.6. The van der Waals surface area contributed by atoms with Gasteiger partial charge in [0.1, 0.15) is 5.01 Å². The number of aromatic carboxylic acids is 1. The summed E-state index contributed by atoms with van der Waals surface area (Å²) >= 11 is 1.57. The van der Waals surface area contributed by atoms with Crippen molar-refractivity contribution in [3.63, 3.8) is 0 Å². The summed E-state index contributed by atoms with van der Waals surface area (Å²) in [6.45, 7) is 4.49. The first-order chi connectivity index (χ1) is 9.02. The molecule has 0 aliphatic carbocycles. The molecule has 0 amide bonds. The number of carboxylic acids is 1. The van der Waals surface area contributed by atoms with Crippen LogP contribution >= 0.6 is 11.3 Å². The van der Waals surface area contributed by atoms with Crippen LogP contribution in [0.5, 0.6) is 0 Å². The molecule has 0 radical (unpaired) electrons. The van der Waals surface area contributed by atoms with E-state index in [1.807, 2.05) is 13.8 Å². The van der Waals surface area contributed by atoms with Crippen molar-refractivity contribution in [1.82, 2.24) is 20.0 Å². The Hall–Kier alpha value is -1.80. The van der Waals surface area contributed by atoms with E-state index in [9.17, 15) is 4.79 Å². The normalized spacial score (nSPS) is 10.9. The molecule has 0 aliphatic heterocycles. The topological polar surface area (TPSA) is 90.1 Å². The molecule has 8 heteroatoms. The van der Waals surface area contributed by atoms with Gasteiger partial charge in [-0.3, -0.25) is 0 Å². The Morgan fingerprint density at radius 1 is 1.47 bits per heavy atom. The molecule has 0 saturated carbocycles. The van der Waals surface area contributed by atoms with Gasteiger partial charge < -0.3 is 9.84 Å². The average molecular weight is 282 g/mol. The van der Waals surface area contributed by atoms with Crippen LogP contribution in [0.15, 0.2) is 0 Å². The van der Waals surface area contributed by atoms with Crippen LogP contribution in [0.2, 0.25) is 0 Å². The maximum Gasteiger partial charge on any atom is 0.358 e. The van der Waals surface area contributed by atoms with Crippen molar-refractivity contribution in [1.29, 1.82) is 0 Å². The van der Waals surface area contributed by atoms with Gasteiger partial charge in [0.15, 0.2) is 5.69 Å². The van der Waals surface area contributed by atoms with Gasteiger partial charge in [-0.25, -0.2) is 14.5 Å². The third-order valence-electron chi connectivity index (χ3n) is 2.68. The number of carboxylic acid groups (broad SMARTS) is 1. The summed E-state index contributed by atoms with van der Waals surface area (Å²) in [6.07, 6.45) is 0. The van der Waals surface area contributed by atoms with Crippen molar-refractivity contribution < 1.29 is 14.6 Å². The fourth-order valence-electron chi connectivity index (χ4n) is 1.64. The van der Waals surface area contributed by atoms with Crippen LogP contribution in [0.4, 0.5) is 0 Å². The smallest absolute Gasteiger partial charge is 0.358 e. The molecule has 1 N–H and O–H groups in total. The second-order valence-corrected chi connectivity index (χ2v) is 5.32. The lowest BCUT2D eigenvalue weighted by atomic mass is 10.3. The molecule has 2 aromatic rings. The van der Waals surface area contributed by atoms with Crippen molar-refractivity contribution >= 4 is 17.3 Å². The van der Waals surface area contributed by atoms with Crippen LogP contribution < -0.4 is 0 Å². The fourth-order valence-corrected chi connectivity index (χ4v) is 2.56. The summed E-state index contributed by atoms with van der Waals surface area (Å²) in [7, 11) is 1.50. The Morgan fingerprint density at radius 3 is 2.74 bits per heavy atom. The monoisotopic (exact) mass is 282 g/mol. The van der Waals surface area contributed by atoms with Gasteiger partial charge in [0.05, 0.1) is 24.5 Å². The molecule has 2 heterocycles. The van der Waals surface area contributed by atoms with Gasteiger partial charge in [-0.15, -0.1) is 16.4 Å². The van der Waals surface area contributed by atoms with E-state index < -0.39 is 5.97 Å². The highest BCUT2D eigenvalue weighted by Gasteiger charge is 2.19. The lowest BCUT2D eigenvalue weighted by Crippen LogP contribution is -2.10. The number of methoxy groups -OCH3 is 1. The van der Waals surface area contributed by atoms with E-state index >= 15 is 0 Å². The number of nitrogens with zero attached hydrogens (tertiary/aromatic N) is 4. The van der Waals surface area contributed by atoms with E-state index in [0.717, 1.165) is 15.6 Å². The fraction of sp³-hybridized carbons (Fsp3) is 0.455. The van der Waals surface area contributed by atoms with Gasteiger partial charge in [0, 0.05) is 12.0 Å². The number of aromatic nitrogens is 4. The summed E-state index contributed by atoms with van der Waals surface area (Å²) in [4.78, 5) is 16.6. The van der Waals surface area contributed by atoms with Crippen molar-refractivity contribution in [3.8, 4) is 0 Å². The predicted octanol–water partition coefficient (Wildman–Crippen LogP) is 1.24. The first-order valence-corrected chi connectivity index (χ1v) is 6.42. The molecule has 2 rings (SSSR count). The van der Waals surface area contributed by atoms with Crippen molar-refractivity contribution in [3.05, 3.63) is 27.0 Å². The second kappa shape index (κ2) is 5.45. The number of hydrogen-bond acceptors (Lipinski definition) is 6. The Bertz CT molecular complexity index is 586. The van der Waals surface area contributed by atoms with Gasteiger partial charge in [0.2, 0.25) is 0 Å². The van der Waals surface area contributed by atoms with Gasteiger partial charge in [-0.05, 0) is 13.8 Å². The van der Waals surface area contributed by atoms with Crippen LogP contribution in [0.25, 0.3) is 0 Å². The zero-order chi connectivity index (χ0) is 14.0. The van der Waals surface area contributed by atoms with Crippen LogP contribution in [-0.4, -0.2) is 38.2 Å². The van der Waals surface area contributed by atoms with E-state index in [1.54, 1.807) is 11.3 Å². The highest BCUT2D eigenvalue weighted by Crippen LogP contribution is 2.18. The highest BCUT2D eigenvalue weighted by molar-refractivity contribution is 7.11. The molecule has 0 spiro atoms. The molecule has 0 aromatic carbocycles. The third kappa shape index (κ3) is 2.79. The minimum Gasteiger partial charge on any atom is -0.476 e.